The lowest BCUT2D eigenvalue weighted by Crippen LogP contribution is -2.48. The smallest absolute Gasteiger partial charge is 0.247 e. The van der Waals surface area contributed by atoms with Gasteiger partial charge in [0.25, 0.3) is 0 Å². The van der Waals surface area contributed by atoms with Crippen LogP contribution < -0.4 is 5.32 Å². The van der Waals surface area contributed by atoms with Gasteiger partial charge in [-0.1, -0.05) is 41.1 Å². The van der Waals surface area contributed by atoms with Gasteiger partial charge in [-0.2, -0.15) is 0 Å². The average molecular weight is 466 g/mol. The van der Waals surface area contributed by atoms with Gasteiger partial charge in [-0.05, 0) is 55.8 Å². The minimum atomic E-state index is -0.862. The Labute approximate surface area is 196 Å². The number of rotatable bonds is 8. The standard InChI is InChI=1S/C24H24ClN5O3/c1-16(2)30(22(31)15-29-21-8-4-3-7-20(21)27-28-29)23(17-9-11-18(25)12-10-17)24(32)26-14-19-6-5-13-33-19/h3-13,16,23H,14-15H2,1-2H3,(H,26,32)/t23-/m1/s1. The monoisotopic (exact) mass is 465 g/mol. The van der Waals surface area contributed by atoms with Crippen LogP contribution in [0.3, 0.4) is 0 Å². The predicted molar refractivity (Wildman–Crippen MR) is 124 cm³/mol. The molecule has 8 nitrogen and oxygen atoms in total. The van der Waals surface area contributed by atoms with Crippen molar-refractivity contribution in [2.24, 2.45) is 0 Å². The van der Waals surface area contributed by atoms with E-state index in [1.165, 1.54) is 0 Å². The summed E-state index contributed by atoms with van der Waals surface area (Å²) in [5, 5.41) is 11.7. The number of furan rings is 1. The molecule has 4 rings (SSSR count). The van der Waals surface area contributed by atoms with Gasteiger partial charge in [0.05, 0.1) is 18.3 Å². The van der Waals surface area contributed by atoms with Crippen LogP contribution in [0.2, 0.25) is 5.02 Å². The number of nitrogens with zero attached hydrogens (tertiary/aromatic N) is 4. The number of amides is 2. The number of para-hydroxylation sites is 1. The summed E-state index contributed by atoms with van der Waals surface area (Å²) in [4.78, 5) is 28.5. The summed E-state index contributed by atoms with van der Waals surface area (Å²) in [5.41, 5.74) is 2.11. The van der Waals surface area contributed by atoms with E-state index in [-0.39, 0.29) is 30.9 Å². The molecule has 0 bridgehead atoms. The second kappa shape index (κ2) is 9.87. The number of nitrogens with one attached hydrogen (secondary N) is 1. The maximum absolute atomic E-state index is 13.5. The van der Waals surface area contributed by atoms with E-state index in [2.05, 4.69) is 15.6 Å². The van der Waals surface area contributed by atoms with Gasteiger partial charge in [-0.3, -0.25) is 9.59 Å². The van der Waals surface area contributed by atoms with Gasteiger partial charge in [-0.25, -0.2) is 4.68 Å². The van der Waals surface area contributed by atoms with Crippen molar-refractivity contribution in [2.75, 3.05) is 0 Å². The Hall–Kier alpha value is -3.65. The number of hydrogen-bond donors (Lipinski definition) is 1. The van der Waals surface area contributed by atoms with Gasteiger partial charge in [-0.15, -0.1) is 5.10 Å². The number of carbonyl (C=O) groups excluding carboxylic acids is 2. The van der Waals surface area contributed by atoms with E-state index in [1.807, 2.05) is 38.1 Å². The Kier molecular flexibility index (Phi) is 6.74. The predicted octanol–water partition coefficient (Wildman–Crippen LogP) is 3.97. The van der Waals surface area contributed by atoms with E-state index in [1.54, 1.807) is 52.2 Å². The fourth-order valence-corrected chi connectivity index (χ4v) is 3.87. The van der Waals surface area contributed by atoms with Crippen LogP contribution in [-0.2, 0) is 22.7 Å². The highest BCUT2D eigenvalue weighted by atomic mass is 35.5. The van der Waals surface area contributed by atoms with Crippen LogP contribution in [0.4, 0.5) is 0 Å². The Bertz CT molecular complexity index is 1230. The molecule has 2 aromatic carbocycles. The summed E-state index contributed by atoms with van der Waals surface area (Å²) < 4.78 is 6.87. The quantitative estimate of drug-likeness (QED) is 0.425. The highest BCUT2D eigenvalue weighted by Gasteiger charge is 2.33. The largest absolute Gasteiger partial charge is 0.467 e. The van der Waals surface area contributed by atoms with E-state index in [0.29, 0.717) is 21.9 Å². The molecule has 1 N–H and O–H groups in total. The average Bonchev–Trinajstić information content (AvgIpc) is 3.46. The lowest BCUT2D eigenvalue weighted by molar-refractivity contribution is -0.143. The highest BCUT2D eigenvalue weighted by molar-refractivity contribution is 6.30. The van der Waals surface area contributed by atoms with E-state index in [9.17, 15) is 9.59 Å². The minimum Gasteiger partial charge on any atom is -0.467 e. The third-order valence-electron chi connectivity index (χ3n) is 5.28. The fourth-order valence-electron chi connectivity index (χ4n) is 3.74. The van der Waals surface area contributed by atoms with E-state index >= 15 is 0 Å². The summed E-state index contributed by atoms with van der Waals surface area (Å²) in [6, 6.07) is 16.8. The van der Waals surface area contributed by atoms with Crippen molar-refractivity contribution in [3.63, 3.8) is 0 Å². The molecule has 0 aliphatic rings. The van der Waals surface area contributed by atoms with E-state index in [4.69, 9.17) is 16.0 Å². The molecule has 0 radical (unpaired) electrons. The lowest BCUT2D eigenvalue weighted by atomic mass is 10.0. The van der Waals surface area contributed by atoms with Crippen LogP contribution in [0.1, 0.15) is 31.2 Å². The molecule has 0 saturated carbocycles. The zero-order valence-corrected chi connectivity index (χ0v) is 19.1. The lowest BCUT2D eigenvalue weighted by Gasteiger charge is -2.34. The van der Waals surface area contributed by atoms with Gasteiger partial charge in [0.15, 0.2) is 0 Å². The number of fused-ring (bicyclic) bond motifs is 1. The summed E-state index contributed by atoms with van der Waals surface area (Å²) in [7, 11) is 0. The second-order valence-corrected chi connectivity index (χ2v) is 8.32. The summed E-state index contributed by atoms with van der Waals surface area (Å²) in [6.45, 7) is 3.91. The number of benzene rings is 2. The van der Waals surface area contributed by atoms with Crippen LogP contribution in [0, 0.1) is 0 Å². The molecule has 2 amide bonds. The van der Waals surface area contributed by atoms with Gasteiger partial charge < -0.3 is 14.6 Å². The third kappa shape index (κ3) is 5.06. The molecule has 33 heavy (non-hydrogen) atoms. The number of carbonyl (C=O) groups is 2. The molecule has 0 aliphatic heterocycles. The van der Waals surface area contributed by atoms with Crippen molar-refractivity contribution < 1.29 is 14.0 Å². The van der Waals surface area contributed by atoms with E-state index in [0.717, 1.165) is 5.52 Å². The molecule has 9 heteroatoms. The first-order chi connectivity index (χ1) is 15.9. The maximum atomic E-state index is 13.5. The molecule has 0 saturated heterocycles. The normalized spacial score (nSPS) is 12.1. The van der Waals surface area contributed by atoms with Crippen molar-refractivity contribution in [3.05, 3.63) is 83.3 Å². The Balaban J connectivity index is 1.64. The molecule has 0 fully saturated rings. The molecule has 0 aliphatic carbocycles. The summed E-state index contributed by atoms with van der Waals surface area (Å²) in [6.07, 6.45) is 1.55. The van der Waals surface area contributed by atoms with Gasteiger partial charge in [0.1, 0.15) is 23.9 Å². The van der Waals surface area contributed by atoms with Crippen LogP contribution in [0.25, 0.3) is 11.0 Å². The first-order valence-electron chi connectivity index (χ1n) is 10.6. The Morgan fingerprint density at radius 2 is 1.85 bits per heavy atom. The molecule has 4 aromatic rings. The molecular formula is C24H24ClN5O3. The molecule has 170 valence electrons. The Morgan fingerprint density at radius 3 is 2.55 bits per heavy atom. The van der Waals surface area contributed by atoms with Crippen LogP contribution in [0.15, 0.2) is 71.3 Å². The van der Waals surface area contributed by atoms with Crippen molar-refractivity contribution >= 4 is 34.4 Å². The van der Waals surface area contributed by atoms with Crippen LogP contribution >= 0.6 is 11.6 Å². The maximum Gasteiger partial charge on any atom is 0.247 e. The zero-order valence-electron chi connectivity index (χ0n) is 18.3. The van der Waals surface area contributed by atoms with Crippen LogP contribution in [-0.4, -0.2) is 37.7 Å². The van der Waals surface area contributed by atoms with Gasteiger partial charge in [0.2, 0.25) is 11.8 Å². The number of aromatic nitrogens is 3. The SMILES string of the molecule is CC(C)N(C(=O)Cn1nnc2ccccc21)[C@@H](C(=O)NCc1ccco1)c1ccc(Cl)cc1. The molecule has 0 spiro atoms. The van der Waals surface area contributed by atoms with Crippen molar-refractivity contribution in [3.8, 4) is 0 Å². The first-order valence-corrected chi connectivity index (χ1v) is 11.0. The van der Waals surface area contributed by atoms with Crippen molar-refractivity contribution in [2.45, 2.75) is 39.0 Å². The first kappa shape index (κ1) is 22.5. The molecule has 2 heterocycles. The highest BCUT2D eigenvalue weighted by Crippen LogP contribution is 2.26. The van der Waals surface area contributed by atoms with Crippen molar-refractivity contribution in [1.82, 2.24) is 25.2 Å². The minimum absolute atomic E-state index is 0.0474. The van der Waals surface area contributed by atoms with Gasteiger partial charge >= 0.3 is 0 Å². The third-order valence-corrected chi connectivity index (χ3v) is 5.53. The topological polar surface area (TPSA) is 93.3 Å². The number of halogens is 1. The number of hydrogen-bond acceptors (Lipinski definition) is 5. The molecule has 0 unspecified atom stereocenters. The van der Waals surface area contributed by atoms with Crippen LogP contribution in [0.5, 0.6) is 0 Å². The second-order valence-electron chi connectivity index (χ2n) is 7.88. The Morgan fingerprint density at radius 1 is 1.09 bits per heavy atom. The van der Waals surface area contributed by atoms with E-state index < -0.39 is 6.04 Å². The summed E-state index contributed by atoms with van der Waals surface area (Å²) >= 11 is 6.07. The van der Waals surface area contributed by atoms with Gasteiger partial charge in [0, 0.05) is 11.1 Å². The summed E-state index contributed by atoms with van der Waals surface area (Å²) in [5.74, 6) is 0.0442. The molecule has 1 atom stereocenters. The molecular weight excluding hydrogens is 442 g/mol. The molecule has 2 aromatic heterocycles. The van der Waals surface area contributed by atoms with Crippen molar-refractivity contribution in [1.29, 1.82) is 0 Å². The zero-order chi connectivity index (χ0) is 23.4. The fraction of sp³-hybridized carbons (Fsp3) is 0.250.